The molecule has 78 valence electrons. The van der Waals surface area contributed by atoms with Gasteiger partial charge in [-0.2, -0.15) is 0 Å². The molecule has 3 nitrogen and oxygen atoms in total. The monoisotopic (exact) mass is 212 g/mol. The fraction of sp³-hybridized carbons (Fsp3) is 0.222. The Morgan fingerprint density at radius 3 is 2.12 bits per heavy atom. The van der Waals surface area contributed by atoms with Crippen LogP contribution in [-0.4, -0.2) is 48.5 Å². The van der Waals surface area contributed by atoms with Gasteiger partial charge in [-0.3, -0.25) is 4.79 Å². The first-order chi connectivity index (χ1) is 7.36. The van der Waals surface area contributed by atoms with Crippen molar-refractivity contribution in [1.82, 2.24) is 0 Å². The summed E-state index contributed by atoms with van der Waals surface area (Å²) >= 11 is 0. The lowest BCUT2D eigenvalue weighted by atomic mass is 9.41. The third-order valence-electron chi connectivity index (χ3n) is 3.28. The number of ether oxygens (including phenoxy) is 2. The molecule has 1 heterocycles. The van der Waals surface area contributed by atoms with E-state index < -0.39 is 10.8 Å². The standard InChI is InChI=1S/C9H12B4O3/c10-8(11)9(12,13)16-7-3-5(4-14)1-2-6(7)15-8/h1-4H,10-13H2. The van der Waals surface area contributed by atoms with Crippen molar-refractivity contribution in [1.29, 1.82) is 0 Å². The molecule has 0 spiro atoms. The van der Waals surface area contributed by atoms with Crippen LogP contribution in [-0.2, 0) is 0 Å². The molecule has 0 aliphatic carbocycles. The highest BCUT2D eigenvalue weighted by atomic mass is 16.6. The molecule has 1 aromatic carbocycles. The Kier molecular flexibility index (Phi) is 2.37. The third-order valence-corrected chi connectivity index (χ3v) is 3.28. The number of hydrogen-bond donors (Lipinski definition) is 0. The summed E-state index contributed by atoms with van der Waals surface area (Å²) in [7, 11) is 7.93. The molecule has 0 radical (unpaired) electrons. The highest BCUT2D eigenvalue weighted by Gasteiger charge is 2.44. The summed E-state index contributed by atoms with van der Waals surface area (Å²) in [6, 6.07) is 5.21. The second kappa shape index (κ2) is 3.37. The average molecular weight is 211 g/mol. The smallest absolute Gasteiger partial charge is 0.160 e. The normalized spacial score (nSPS) is 20.0. The number of rotatable bonds is 1. The molecule has 0 atom stereocenters. The lowest BCUT2D eigenvalue weighted by Crippen LogP contribution is -2.65. The molecule has 0 N–H and O–H groups in total. The van der Waals surface area contributed by atoms with Crippen molar-refractivity contribution in [3.05, 3.63) is 23.8 Å². The maximum atomic E-state index is 10.7. The van der Waals surface area contributed by atoms with E-state index in [0.717, 1.165) is 6.29 Å². The zero-order chi connectivity index (χ0) is 12.0. The molecule has 0 fully saturated rings. The van der Waals surface area contributed by atoms with E-state index in [1.807, 2.05) is 31.4 Å². The highest BCUT2D eigenvalue weighted by Crippen LogP contribution is 2.38. The lowest BCUT2D eigenvalue weighted by molar-refractivity contribution is 0.0616. The van der Waals surface area contributed by atoms with Crippen LogP contribution >= 0.6 is 0 Å². The summed E-state index contributed by atoms with van der Waals surface area (Å²) in [6.07, 6.45) is 0.802. The number of hydrogen-bond acceptors (Lipinski definition) is 3. The predicted molar refractivity (Wildman–Crippen MR) is 72.7 cm³/mol. The van der Waals surface area contributed by atoms with Crippen molar-refractivity contribution in [3.8, 4) is 11.5 Å². The van der Waals surface area contributed by atoms with E-state index >= 15 is 0 Å². The molecular weight excluding hydrogens is 199 g/mol. The van der Waals surface area contributed by atoms with Gasteiger partial charge in [0.1, 0.15) is 37.7 Å². The number of fused-ring (bicyclic) bond motifs is 1. The van der Waals surface area contributed by atoms with Crippen molar-refractivity contribution in [2.75, 3.05) is 0 Å². The Hall–Kier alpha value is -1.25. The van der Waals surface area contributed by atoms with E-state index in [2.05, 4.69) is 0 Å². The number of carbonyl (C=O) groups excluding carboxylic acids is 1. The van der Waals surface area contributed by atoms with Gasteiger partial charge in [0.2, 0.25) is 0 Å². The molecule has 2 rings (SSSR count). The number of carbonyl (C=O) groups is 1. The Morgan fingerprint density at radius 1 is 1.00 bits per heavy atom. The molecule has 1 aliphatic heterocycles. The number of benzene rings is 1. The van der Waals surface area contributed by atoms with Crippen LogP contribution in [0.3, 0.4) is 0 Å². The van der Waals surface area contributed by atoms with Crippen molar-refractivity contribution < 1.29 is 14.3 Å². The van der Waals surface area contributed by atoms with Crippen LogP contribution in [0.15, 0.2) is 18.2 Å². The van der Waals surface area contributed by atoms with Crippen molar-refractivity contribution in [2.45, 2.75) is 10.8 Å². The number of aldehydes is 1. The quantitative estimate of drug-likeness (QED) is 0.370. The Labute approximate surface area is 98.5 Å². The first-order valence-electron chi connectivity index (χ1n) is 5.33. The largest absolute Gasteiger partial charge is 0.499 e. The van der Waals surface area contributed by atoms with Gasteiger partial charge in [-0.15, -0.1) is 0 Å². The summed E-state index contributed by atoms with van der Waals surface area (Å²) in [5.41, 5.74) is 0.595. The van der Waals surface area contributed by atoms with Crippen molar-refractivity contribution in [2.24, 2.45) is 0 Å². The van der Waals surface area contributed by atoms with Gasteiger partial charge < -0.3 is 9.47 Å². The third kappa shape index (κ3) is 1.64. The van der Waals surface area contributed by atoms with Gasteiger partial charge in [0.05, 0.1) is 10.8 Å². The van der Waals surface area contributed by atoms with Gasteiger partial charge >= 0.3 is 0 Å². The highest BCUT2D eigenvalue weighted by molar-refractivity contribution is 6.53. The van der Waals surface area contributed by atoms with Gasteiger partial charge in [-0.25, -0.2) is 0 Å². The molecule has 0 unspecified atom stereocenters. The summed E-state index contributed by atoms with van der Waals surface area (Å²) < 4.78 is 11.8. The Balaban J connectivity index is 2.47. The molecule has 0 aromatic heterocycles. The fourth-order valence-electron chi connectivity index (χ4n) is 1.56. The maximum Gasteiger partial charge on any atom is 0.160 e. The molecule has 16 heavy (non-hydrogen) atoms. The van der Waals surface area contributed by atoms with E-state index in [9.17, 15) is 4.79 Å². The van der Waals surface area contributed by atoms with Crippen LogP contribution in [0.5, 0.6) is 11.5 Å². The zero-order valence-corrected chi connectivity index (χ0v) is 10.0. The van der Waals surface area contributed by atoms with Crippen LogP contribution in [0.1, 0.15) is 10.4 Å². The summed E-state index contributed by atoms with van der Waals surface area (Å²) in [6.45, 7) is 0. The second-order valence-corrected chi connectivity index (χ2v) is 5.05. The molecule has 0 saturated carbocycles. The van der Waals surface area contributed by atoms with Crippen LogP contribution < -0.4 is 9.47 Å². The summed E-state index contributed by atoms with van der Waals surface area (Å²) in [5, 5.41) is -0.829. The molecule has 0 saturated heterocycles. The minimum absolute atomic E-state index is 0.400. The van der Waals surface area contributed by atoms with Crippen LogP contribution in [0, 0.1) is 0 Å². The van der Waals surface area contributed by atoms with E-state index in [-0.39, 0.29) is 0 Å². The van der Waals surface area contributed by atoms with Gasteiger partial charge in [0.25, 0.3) is 0 Å². The van der Waals surface area contributed by atoms with Gasteiger partial charge in [-0.1, -0.05) is 0 Å². The predicted octanol–water partition coefficient (Wildman–Crippen LogP) is -2.89. The molecular formula is C9H12B4O3. The Morgan fingerprint density at radius 2 is 1.56 bits per heavy atom. The first kappa shape index (κ1) is 11.2. The molecule has 1 aromatic rings. The van der Waals surface area contributed by atoms with E-state index in [1.165, 1.54) is 0 Å². The molecule has 7 heteroatoms. The van der Waals surface area contributed by atoms with E-state index in [1.54, 1.807) is 18.2 Å². The van der Waals surface area contributed by atoms with Gasteiger partial charge in [0, 0.05) is 5.56 Å². The summed E-state index contributed by atoms with van der Waals surface area (Å²) in [5.74, 6) is 1.32. The van der Waals surface area contributed by atoms with E-state index in [0.29, 0.717) is 17.1 Å². The van der Waals surface area contributed by atoms with E-state index in [4.69, 9.17) is 9.47 Å². The zero-order valence-electron chi connectivity index (χ0n) is 10.0. The SMILES string of the molecule is BC1(B)Oc2ccc(C=O)cc2OC1(B)B. The van der Waals surface area contributed by atoms with Crippen molar-refractivity contribution >= 4 is 37.7 Å². The summed E-state index contributed by atoms with van der Waals surface area (Å²) in [4.78, 5) is 10.7. The minimum Gasteiger partial charge on any atom is -0.499 e. The Bertz CT molecular complexity index is 444. The van der Waals surface area contributed by atoms with Crippen LogP contribution in [0.4, 0.5) is 0 Å². The minimum atomic E-state index is -0.429. The molecule has 0 bridgehead atoms. The van der Waals surface area contributed by atoms with Gasteiger partial charge in [0.15, 0.2) is 11.5 Å². The second-order valence-electron chi connectivity index (χ2n) is 5.05. The maximum absolute atomic E-state index is 10.7. The topological polar surface area (TPSA) is 35.5 Å². The van der Waals surface area contributed by atoms with Crippen molar-refractivity contribution in [3.63, 3.8) is 0 Å². The fourth-order valence-corrected chi connectivity index (χ4v) is 1.56. The molecule has 1 aliphatic rings. The average Bonchev–Trinajstić information content (AvgIpc) is 2.18. The first-order valence-corrected chi connectivity index (χ1v) is 5.33. The molecule has 0 amide bonds. The van der Waals surface area contributed by atoms with Crippen LogP contribution in [0.2, 0.25) is 0 Å². The van der Waals surface area contributed by atoms with Gasteiger partial charge in [-0.05, 0) is 18.2 Å². The lowest BCUT2D eigenvalue weighted by Gasteiger charge is -2.47. The van der Waals surface area contributed by atoms with Crippen LogP contribution in [0.25, 0.3) is 0 Å².